The summed E-state index contributed by atoms with van der Waals surface area (Å²) in [6.45, 7) is 1.97. The second kappa shape index (κ2) is 5.54. The van der Waals surface area contributed by atoms with Gasteiger partial charge < -0.3 is 10.0 Å². The number of nitro groups is 1. The first-order valence-corrected chi connectivity index (χ1v) is 7.57. The van der Waals surface area contributed by atoms with Gasteiger partial charge in [-0.15, -0.1) is 0 Å². The zero-order valence-corrected chi connectivity index (χ0v) is 12.8. The molecular weight excluding hydrogens is 324 g/mol. The molecule has 1 aliphatic rings. The molecule has 1 fully saturated rings. The molecule has 1 aliphatic heterocycles. The van der Waals surface area contributed by atoms with Crippen LogP contribution in [0.15, 0.2) is 12.1 Å². The molecule has 120 valence electrons. The molecule has 2 aromatic rings. The molecule has 2 heterocycles. The lowest BCUT2D eigenvalue weighted by molar-refractivity contribution is -0.383. The summed E-state index contributed by atoms with van der Waals surface area (Å²) in [5.74, 6) is -2.00. The Morgan fingerprint density at radius 1 is 1.43 bits per heavy atom. The van der Waals surface area contributed by atoms with Crippen LogP contribution in [0.5, 0.6) is 0 Å². The number of carboxylic acid groups (broad SMARTS) is 1. The number of rotatable bonds is 3. The molecule has 1 amide bonds. The van der Waals surface area contributed by atoms with Crippen molar-refractivity contribution in [3.05, 3.63) is 27.8 Å². The van der Waals surface area contributed by atoms with Crippen molar-refractivity contribution >= 4 is 40.3 Å². The Labute approximate surface area is 134 Å². The molecule has 0 radical (unpaired) electrons. The lowest BCUT2D eigenvalue weighted by Crippen LogP contribution is -2.37. The Bertz CT molecular complexity index is 820. The second-order valence-corrected chi connectivity index (χ2v) is 5.89. The standard InChI is InChI=1S/C13H12N4O5S/c1-6-8(13(19)20)2-3-16(6)12(18)7-4-9-11(15-23-14-9)10(5-7)17(21)22/h4-6,8H,2-3H2,1H3,(H,19,20). The SMILES string of the molecule is CC1C(C(=O)O)CCN1C(=O)c1cc([N+](=O)[O-])c2nsnc2c1. The predicted molar refractivity (Wildman–Crippen MR) is 80.3 cm³/mol. The van der Waals surface area contributed by atoms with Crippen LogP contribution in [0.25, 0.3) is 11.0 Å². The molecule has 1 N–H and O–H groups in total. The summed E-state index contributed by atoms with van der Waals surface area (Å²) >= 11 is 0.835. The maximum Gasteiger partial charge on any atom is 0.308 e. The van der Waals surface area contributed by atoms with Gasteiger partial charge in [0.2, 0.25) is 0 Å². The third kappa shape index (κ3) is 2.50. The molecule has 9 nitrogen and oxygen atoms in total. The van der Waals surface area contributed by atoms with Gasteiger partial charge in [-0.05, 0) is 19.4 Å². The summed E-state index contributed by atoms with van der Waals surface area (Å²) in [6, 6.07) is 2.16. The number of benzene rings is 1. The summed E-state index contributed by atoms with van der Waals surface area (Å²) in [5, 5.41) is 20.3. The van der Waals surface area contributed by atoms with Gasteiger partial charge in [0.25, 0.3) is 11.6 Å². The zero-order valence-electron chi connectivity index (χ0n) is 12.0. The summed E-state index contributed by atoms with van der Waals surface area (Å²) in [7, 11) is 0. The molecule has 2 atom stereocenters. The average Bonchev–Trinajstić information content (AvgIpc) is 3.11. The van der Waals surface area contributed by atoms with Crippen molar-refractivity contribution in [1.29, 1.82) is 0 Å². The van der Waals surface area contributed by atoms with E-state index in [-0.39, 0.29) is 22.3 Å². The molecule has 0 aliphatic carbocycles. The Morgan fingerprint density at radius 2 is 2.17 bits per heavy atom. The summed E-state index contributed by atoms with van der Waals surface area (Å²) in [6.07, 6.45) is 0.366. The number of aliphatic carboxylic acids is 1. The van der Waals surface area contributed by atoms with Gasteiger partial charge >= 0.3 is 5.97 Å². The summed E-state index contributed by atoms with van der Waals surface area (Å²) in [5.41, 5.74) is 0.277. The molecule has 3 rings (SSSR count). The Morgan fingerprint density at radius 3 is 2.78 bits per heavy atom. The van der Waals surface area contributed by atoms with E-state index in [0.29, 0.717) is 13.0 Å². The number of carboxylic acids is 1. The van der Waals surface area contributed by atoms with E-state index in [1.807, 2.05) is 0 Å². The van der Waals surface area contributed by atoms with Gasteiger partial charge in [-0.25, -0.2) is 0 Å². The van der Waals surface area contributed by atoms with Gasteiger partial charge in [-0.1, -0.05) is 0 Å². The molecule has 1 aromatic carbocycles. The fourth-order valence-corrected chi connectivity index (χ4v) is 3.39. The number of non-ortho nitro benzene ring substituents is 1. The van der Waals surface area contributed by atoms with E-state index in [1.54, 1.807) is 6.92 Å². The Hall–Kier alpha value is -2.62. The van der Waals surface area contributed by atoms with Crippen LogP contribution < -0.4 is 0 Å². The number of amides is 1. The van der Waals surface area contributed by atoms with Gasteiger partial charge in [0.15, 0.2) is 5.52 Å². The second-order valence-electron chi connectivity index (χ2n) is 5.36. The highest BCUT2D eigenvalue weighted by molar-refractivity contribution is 7.00. The van der Waals surface area contributed by atoms with E-state index in [4.69, 9.17) is 5.11 Å². The minimum atomic E-state index is -0.946. The lowest BCUT2D eigenvalue weighted by Gasteiger charge is -2.23. The van der Waals surface area contributed by atoms with Crippen molar-refractivity contribution in [3.63, 3.8) is 0 Å². The quantitative estimate of drug-likeness (QED) is 0.665. The van der Waals surface area contributed by atoms with Gasteiger partial charge in [-0.2, -0.15) is 8.75 Å². The normalized spacial score (nSPS) is 20.8. The van der Waals surface area contributed by atoms with Crippen LogP contribution in [0.1, 0.15) is 23.7 Å². The molecule has 0 saturated carbocycles. The average molecular weight is 336 g/mol. The van der Waals surface area contributed by atoms with Gasteiger partial charge in [-0.3, -0.25) is 19.7 Å². The fraction of sp³-hybridized carbons (Fsp3) is 0.385. The molecule has 0 spiro atoms. The van der Waals surface area contributed by atoms with Crippen LogP contribution in [0.4, 0.5) is 5.69 Å². The van der Waals surface area contributed by atoms with Crippen LogP contribution in [0.2, 0.25) is 0 Å². The smallest absolute Gasteiger partial charge is 0.308 e. The number of carbonyl (C=O) groups excluding carboxylic acids is 1. The largest absolute Gasteiger partial charge is 0.481 e. The number of nitro benzene ring substituents is 1. The maximum atomic E-state index is 12.6. The molecule has 10 heteroatoms. The first-order valence-electron chi connectivity index (χ1n) is 6.84. The lowest BCUT2D eigenvalue weighted by atomic mass is 10.0. The van der Waals surface area contributed by atoms with Crippen molar-refractivity contribution in [2.45, 2.75) is 19.4 Å². The highest BCUT2D eigenvalue weighted by Crippen LogP contribution is 2.30. The molecule has 23 heavy (non-hydrogen) atoms. The number of nitrogens with zero attached hydrogens (tertiary/aromatic N) is 4. The topological polar surface area (TPSA) is 127 Å². The number of carbonyl (C=O) groups is 2. The van der Waals surface area contributed by atoms with Gasteiger partial charge in [0.1, 0.15) is 5.52 Å². The maximum absolute atomic E-state index is 12.6. The predicted octanol–water partition coefficient (Wildman–Crippen LogP) is 1.53. The van der Waals surface area contributed by atoms with Crippen molar-refractivity contribution in [3.8, 4) is 0 Å². The summed E-state index contributed by atoms with van der Waals surface area (Å²) < 4.78 is 7.83. The van der Waals surface area contributed by atoms with Crippen LogP contribution >= 0.6 is 11.7 Å². The minimum absolute atomic E-state index is 0.120. The van der Waals surface area contributed by atoms with E-state index in [1.165, 1.54) is 17.0 Å². The van der Waals surface area contributed by atoms with Crippen LogP contribution in [0.3, 0.4) is 0 Å². The number of hydrogen-bond donors (Lipinski definition) is 1. The van der Waals surface area contributed by atoms with E-state index in [0.717, 1.165) is 11.7 Å². The van der Waals surface area contributed by atoms with Crippen LogP contribution in [-0.4, -0.2) is 48.1 Å². The molecule has 2 unspecified atom stereocenters. The highest BCUT2D eigenvalue weighted by Gasteiger charge is 2.38. The van der Waals surface area contributed by atoms with Crippen LogP contribution in [-0.2, 0) is 4.79 Å². The van der Waals surface area contributed by atoms with Crippen molar-refractivity contribution < 1.29 is 19.6 Å². The van der Waals surface area contributed by atoms with Gasteiger partial charge in [0.05, 0.1) is 22.6 Å². The first-order chi connectivity index (χ1) is 10.9. The third-order valence-corrected chi connectivity index (χ3v) is 4.66. The number of fused-ring (bicyclic) bond motifs is 1. The van der Waals surface area contributed by atoms with E-state index < -0.39 is 28.8 Å². The highest BCUT2D eigenvalue weighted by atomic mass is 32.1. The number of likely N-dealkylation sites (tertiary alicyclic amines) is 1. The Balaban J connectivity index is 1.98. The zero-order chi connectivity index (χ0) is 16.7. The van der Waals surface area contributed by atoms with E-state index >= 15 is 0 Å². The van der Waals surface area contributed by atoms with Crippen molar-refractivity contribution in [1.82, 2.24) is 13.6 Å². The molecule has 1 aromatic heterocycles. The minimum Gasteiger partial charge on any atom is -0.481 e. The third-order valence-electron chi connectivity index (χ3n) is 4.12. The number of hydrogen-bond acceptors (Lipinski definition) is 7. The van der Waals surface area contributed by atoms with Gasteiger partial charge in [0, 0.05) is 24.2 Å². The first kappa shape index (κ1) is 15.3. The van der Waals surface area contributed by atoms with Crippen molar-refractivity contribution in [2.75, 3.05) is 6.54 Å². The molecule has 0 bridgehead atoms. The molecular formula is C13H12N4O5S. The van der Waals surface area contributed by atoms with Crippen LogP contribution in [0, 0.1) is 16.0 Å². The summed E-state index contributed by atoms with van der Waals surface area (Å²) in [4.78, 5) is 35.8. The number of aromatic nitrogens is 2. The molecule has 1 saturated heterocycles. The van der Waals surface area contributed by atoms with E-state index in [9.17, 15) is 19.7 Å². The Kier molecular flexibility index (Phi) is 3.68. The van der Waals surface area contributed by atoms with Crippen molar-refractivity contribution in [2.24, 2.45) is 5.92 Å². The van der Waals surface area contributed by atoms with E-state index in [2.05, 4.69) is 8.75 Å². The monoisotopic (exact) mass is 336 g/mol. The fourth-order valence-electron chi connectivity index (χ4n) is 2.86.